The predicted molar refractivity (Wildman–Crippen MR) is 151 cm³/mol. The Morgan fingerprint density at radius 3 is 2.37 bits per heavy atom. The van der Waals surface area contributed by atoms with E-state index in [4.69, 9.17) is 0 Å². The van der Waals surface area contributed by atoms with Crippen LogP contribution in [0.4, 0.5) is 27.6 Å². The maximum atomic E-state index is 13.5. The second kappa shape index (κ2) is 12.7. The van der Waals surface area contributed by atoms with Gasteiger partial charge in [-0.25, -0.2) is 27.2 Å². The Kier molecular flexibility index (Phi) is 9.28. The first-order chi connectivity index (χ1) is 20.3. The molecule has 0 amide bonds. The fourth-order valence-corrected chi connectivity index (χ4v) is 5.15. The van der Waals surface area contributed by atoms with E-state index in [1.807, 2.05) is 0 Å². The van der Waals surface area contributed by atoms with Crippen LogP contribution in [0.2, 0.25) is 0 Å². The molecule has 43 heavy (non-hydrogen) atoms. The van der Waals surface area contributed by atoms with E-state index in [2.05, 4.69) is 26.6 Å². The van der Waals surface area contributed by atoms with Crippen LogP contribution in [0.1, 0.15) is 30.4 Å². The minimum Gasteiger partial charge on any atom is -0.406 e. The molecule has 0 saturated heterocycles. The fourth-order valence-electron chi connectivity index (χ4n) is 4.23. The molecule has 0 saturated carbocycles. The number of hydrogen-bond acceptors (Lipinski definition) is 6. The number of benzene rings is 3. The number of nitrogens with zero attached hydrogens (tertiary/aromatic N) is 5. The molecule has 1 heterocycles. The highest BCUT2D eigenvalue weighted by Gasteiger charge is 2.31. The van der Waals surface area contributed by atoms with E-state index in [0.717, 1.165) is 12.1 Å². The monoisotopic (exact) mass is 619 g/mol. The molecule has 14 heteroatoms. The molecular weight excluding hydrogens is 593 g/mol. The third-order valence-corrected chi connectivity index (χ3v) is 8.01. The van der Waals surface area contributed by atoms with Crippen molar-refractivity contribution in [1.82, 2.24) is 9.55 Å². The smallest absolute Gasteiger partial charge is 0.406 e. The maximum Gasteiger partial charge on any atom is 0.573 e. The molecule has 0 unspecified atom stereocenters. The number of halogens is 5. The Morgan fingerprint density at radius 1 is 1.07 bits per heavy atom. The van der Waals surface area contributed by atoms with Crippen molar-refractivity contribution in [1.29, 1.82) is 0 Å². The summed E-state index contributed by atoms with van der Waals surface area (Å²) in [6.45, 7) is 6.62. The summed E-state index contributed by atoms with van der Waals surface area (Å²) in [6.07, 6.45) is -5.30. The van der Waals surface area contributed by atoms with Crippen molar-refractivity contribution < 1.29 is 35.1 Å². The summed E-state index contributed by atoms with van der Waals surface area (Å²) in [5.74, 6) is -0.238. The van der Waals surface area contributed by atoms with Gasteiger partial charge in [0.25, 0.3) is 6.43 Å². The number of hydrogen-bond donors (Lipinski definition) is 0. The SMILES string of the molecule is C=CN=NN(Cc1ccc(OC(F)(F)F)cc1)c1cc(-c2cccc(S(=O)(=O)CC)c2)ccc1-n1cc(C(F)F)nc1C. The lowest BCUT2D eigenvalue weighted by atomic mass is 10.0. The van der Waals surface area contributed by atoms with Crippen LogP contribution in [0, 0.1) is 6.92 Å². The highest BCUT2D eigenvalue weighted by Crippen LogP contribution is 2.35. The largest absolute Gasteiger partial charge is 0.573 e. The van der Waals surface area contributed by atoms with Gasteiger partial charge in [0, 0.05) is 12.4 Å². The van der Waals surface area contributed by atoms with Gasteiger partial charge >= 0.3 is 6.36 Å². The van der Waals surface area contributed by atoms with Crippen molar-refractivity contribution in [3.8, 4) is 22.6 Å². The van der Waals surface area contributed by atoms with Gasteiger partial charge < -0.3 is 9.30 Å². The lowest BCUT2D eigenvalue weighted by molar-refractivity contribution is -0.274. The molecule has 8 nitrogen and oxygen atoms in total. The molecule has 4 rings (SSSR count). The van der Waals surface area contributed by atoms with E-state index < -0.39 is 34.1 Å². The van der Waals surface area contributed by atoms with E-state index in [0.29, 0.717) is 28.1 Å². The third kappa shape index (κ3) is 7.63. The zero-order valence-electron chi connectivity index (χ0n) is 23.0. The summed E-state index contributed by atoms with van der Waals surface area (Å²) < 4.78 is 95.4. The van der Waals surface area contributed by atoms with Gasteiger partial charge in [0.1, 0.15) is 17.3 Å². The fraction of sp³-hybridized carbons (Fsp3) is 0.207. The Hall–Kier alpha value is -4.59. The minimum atomic E-state index is -4.85. The van der Waals surface area contributed by atoms with Crippen molar-refractivity contribution in [3.05, 3.63) is 103 Å². The van der Waals surface area contributed by atoms with Gasteiger partial charge in [-0.2, -0.15) is 0 Å². The van der Waals surface area contributed by atoms with Crippen molar-refractivity contribution in [2.24, 2.45) is 10.3 Å². The van der Waals surface area contributed by atoms with E-state index in [1.165, 1.54) is 46.2 Å². The number of aromatic nitrogens is 2. The number of imidazole rings is 1. The number of aryl methyl sites for hydroxylation is 1. The molecule has 0 fully saturated rings. The van der Waals surface area contributed by atoms with Crippen LogP contribution in [0.15, 0.2) is 101 Å². The normalized spacial score (nSPS) is 12.2. The van der Waals surface area contributed by atoms with E-state index >= 15 is 0 Å². The molecule has 0 radical (unpaired) electrons. The van der Waals surface area contributed by atoms with Gasteiger partial charge in [0.05, 0.1) is 28.6 Å². The molecule has 1 aromatic heterocycles. The molecule has 0 aliphatic heterocycles. The van der Waals surface area contributed by atoms with E-state index in [-0.39, 0.29) is 23.0 Å². The highest BCUT2D eigenvalue weighted by molar-refractivity contribution is 7.91. The molecule has 3 aromatic carbocycles. The Morgan fingerprint density at radius 2 is 1.77 bits per heavy atom. The Labute approximate surface area is 244 Å². The quantitative estimate of drug-likeness (QED) is 0.0965. The summed E-state index contributed by atoms with van der Waals surface area (Å²) in [5.41, 5.74) is 1.95. The van der Waals surface area contributed by atoms with Crippen LogP contribution in [-0.4, -0.2) is 30.1 Å². The van der Waals surface area contributed by atoms with Gasteiger partial charge in [-0.15, -0.1) is 18.3 Å². The van der Waals surface area contributed by atoms with Crippen molar-refractivity contribution in [3.63, 3.8) is 0 Å². The summed E-state index contributed by atoms with van der Waals surface area (Å²) >= 11 is 0. The van der Waals surface area contributed by atoms with Gasteiger partial charge in [-0.3, -0.25) is 0 Å². The van der Waals surface area contributed by atoms with Gasteiger partial charge in [0.2, 0.25) is 0 Å². The van der Waals surface area contributed by atoms with Gasteiger partial charge in [-0.1, -0.05) is 49.1 Å². The molecule has 4 aromatic rings. The molecule has 226 valence electrons. The molecular formula is C29H26F5N5O3S. The summed E-state index contributed by atoms with van der Waals surface area (Å²) in [6, 6.07) is 16.5. The van der Waals surface area contributed by atoms with Crippen LogP contribution >= 0.6 is 0 Å². The highest BCUT2D eigenvalue weighted by atomic mass is 32.2. The van der Waals surface area contributed by atoms with Crippen molar-refractivity contribution in [2.75, 3.05) is 10.8 Å². The maximum absolute atomic E-state index is 13.5. The standard InChI is InChI=1S/C29H26F5N5O3S/c1-4-35-37-39(17-20-9-12-23(13-10-20)42-29(32,33)34)27-16-22(21-7-6-8-24(15-21)43(40,41)5-2)11-14-26(27)38-18-25(28(30)31)36-19(38)3/h4,6-16,18,28H,1,5,17H2,2-3H3. The molecule has 0 bridgehead atoms. The van der Waals surface area contributed by atoms with E-state index in [9.17, 15) is 30.4 Å². The van der Waals surface area contributed by atoms with Crippen LogP contribution in [-0.2, 0) is 16.4 Å². The molecule has 0 aliphatic carbocycles. The number of alkyl halides is 5. The first-order valence-corrected chi connectivity index (χ1v) is 14.4. The molecule has 0 N–H and O–H groups in total. The van der Waals surface area contributed by atoms with Crippen molar-refractivity contribution in [2.45, 2.75) is 38.1 Å². The molecule has 0 aliphatic rings. The minimum absolute atomic E-state index is 0.0141. The first-order valence-electron chi connectivity index (χ1n) is 12.8. The number of sulfone groups is 1. The van der Waals surface area contributed by atoms with Gasteiger partial charge in [0.15, 0.2) is 9.84 Å². The average Bonchev–Trinajstić information content (AvgIpc) is 3.37. The predicted octanol–water partition coefficient (Wildman–Crippen LogP) is 7.99. The third-order valence-electron chi connectivity index (χ3n) is 6.27. The number of rotatable bonds is 11. The second-order valence-electron chi connectivity index (χ2n) is 9.16. The van der Waals surface area contributed by atoms with Crippen molar-refractivity contribution >= 4 is 15.5 Å². The van der Waals surface area contributed by atoms with Crippen LogP contribution in [0.3, 0.4) is 0 Å². The second-order valence-corrected chi connectivity index (χ2v) is 11.4. The molecule has 0 atom stereocenters. The molecule has 0 spiro atoms. The zero-order chi connectivity index (χ0) is 31.4. The zero-order valence-corrected chi connectivity index (χ0v) is 23.8. The number of anilines is 1. The first kappa shape index (κ1) is 31.3. The lowest BCUT2D eigenvalue weighted by Gasteiger charge is -2.23. The average molecular weight is 620 g/mol. The summed E-state index contributed by atoms with van der Waals surface area (Å²) in [7, 11) is -3.50. The lowest BCUT2D eigenvalue weighted by Crippen LogP contribution is -2.18. The van der Waals surface area contributed by atoms with Gasteiger partial charge in [-0.05, 0) is 60.0 Å². The van der Waals surface area contributed by atoms with Crippen LogP contribution in [0.5, 0.6) is 5.75 Å². The summed E-state index contributed by atoms with van der Waals surface area (Å²) in [4.78, 5) is 4.09. The Balaban J connectivity index is 1.86. The Bertz CT molecular complexity index is 1740. The number of ether oxygens (including phenoxy) is 1. The van der Waals surface area contributed by atoms with Crippen LogP contribution in [0.25, 0.3) is 16.8 Å². The van der Waals surface area contributed by atoms with E-state index in [1.54, 1.807) is 44.2 Å². The topological polar surface area (TPSA) is 89.1 Å². The summed E-state index contributed by atoms with van der Waals surface area (Å²) in [5, 5.41) is 9.49. The van der Waals surface area contributed by atoms with Crippen LogP contribution < -0.4 is 9.75 Å².